The molecule has 0 heterocycles. The second-order valence-corrected chi connectivity index (χ2v) is 4.59. The fraction of sp³-hybridized carbons (Fsp3) is 0.600. The normalized spacial score (nSPS) is 14.4. The maximum Gasteiger partial charge on any atom is 0.0942 e. The van der Waals surface area contributed by atoms with Crippen LogP contribution in [0.4, 0.5) is 0 Å². The van der Waals surface area contributed by atoms with Crippen molar-refractivity contribution in [2.75, 3.05) is 13.2 Å². The Balaban J connectivity index is 2.60. The highest BCUT2D eigenvalue weighted by atomic mass is 16.3. The van der Waals surface area contributed by atoms with E-state index in [1.165, 1.54) is 5.56 Å². The number of benzene rings is 1. The number of rotatable bonds is 8. The summed E-state index contributed by atoms with van der Waals surface area (Å²) in [4.78, 5) is 0. The smallest absolute Gasteiger partial charge is 0.0942 e. The maximum absolute atomic E-state index is 10.3. The van der Waals surface area contributed by atoms with E-state index in [1.54, 1.807) is 0 Å². The molecule has 1 aromatic carbocycles. The van der Waals surface area contributed by atoms with Crippen LogP contribution in [0.3, 0.4) is 0 Å². The molecule has 1 aromatic rings. The third-order valence-electron chi connectivity index (χ3n) is 3.29. The maximum atomic E-state index is 10.3. The Hall–Kier alpha value is -0.900. The largest absolute Gasteiger partial charge is 0.396 e. The lowest BCUT2D eigenvalue weighted by Gasteiger charge is -2.23. The summed E-state index contributed by atoms with van der Waals surface area (Å²) in [5, 5.41) is 22.4. The highest BCUT2D eigenvalue weighted by molar-refractivity contribution is 5.25. The van der Waals surface area contributed by atoms with Gasteiger partial charge in [0.25, 0.3) is 0 Å². The van der Waals surface area contributed by atoms with Crippen LogP contribution >= 0.6 is 0 Å². The van der Waals surface area contributed by atoms with Gasteiger partial charge in [-0.25, -0.2) is 0 Å². The predicted molar refractivity (Wildman–Crippen MR) is 74.6 cm³/mol. The van der Waals surface area contributed by atoms with Crippen molar-refractivity contribution in [2.45, 2.75) is 45.3 Å². The molecule has 0 aromatic heterocycles. The summed E-state index contributed by atoms with van der Waals surface area (Å²) in [7, 11) is 0. The number of aryl methyl sites for hydroxylation is 1. The molecular weight excluding hydrogens is 226 g/mol. The number of hydrogen-bond acceptors (Lipinski definition) is 3. The second-order valence-electron chi connectivity index (χ2n) is 4.59. The number of hydrogen-bond donors (Lipinski definition) is 3. The first-order valence-corrected chi connectivity index (χ1v) is 6.84. The minimum absolute atomic E-state index is 0.0454. The SMILES string of the molecule is CCc1ccc(C(O)C(CC)NCCCO)cc1. The molecule has 0 aliphatic heterocycles. The molecule has 0 saturated heterocycles. The average Bonchev–Trinajstić information content (AvgIpc) is 2.43. The monoisotopic (exact) mass is 251 g/mol. The Morgan fingerprint density at radius 1 is 1.17 bits per heavy atom. The number of aliphatic hydroxyl groups excluding tert-OH is 2. The van der Waals surface area contributed by atoms with Gasteiger partial charge in [0.1, 0.15) is 0 Å². The lowest BCUT2D eigenvalue weighted by molar-refractivity contribution is 0.124. The fourth-order valence-corrected chi connectivity index (χ4v) is 2.03. The molecule has 3 heteroatoms. The second kappa shape index (κ2) is 8.25. The Morgan fingerprint density at radius 2 is 1.83 bits per heavy atom. The molecule has 0 saturated carbocycles. The lowest BCUT2D eigenvalue weighted by Crippen LogP contribution is -2.35. The minimum Gasteiger partial charge on any atom is -0.396 e. The van der Waals surface area contributed by atoms with Gasteiger partial charge in [-0.1, -0.05) is 38.1 Å². The number of aliphatic hydroxyl groups is 2. The Labute approximate surface area is 110 Å². The molecule has 0 aliphatic carbocycles. The van der Waals surface area contributed by atoms with E-state index in [4.69, 9.17) is 5.11 Å². The van der Waals surface area contributed by atoms with Crippen LogP contribution in [-0.4, -0.2) is 29.4 Å². The Morgan fingerprint density at radius 3 is 2.33 bits per heavy atom. The third-order valence-corrected chi connectivity index (χ3v) is 3.29. The molecule has 0 aliphatic rings. The topological polar surface area (TPSA) is 52.5 Å². The molecule has 0 spiro atoms. The van der Waals surface area contributed by atoms with Crippen molar-refractivity contribution in [2.24, 2.45) is 0 Å². The van der Waals surface area contributed by atoms with Gasteiger partial charge in [0.15, 0.2) is 0 Å². The van der Waals surface area contributed by atoms with Gasteiger partial charge in [0.05, 0.1) is 6.10 Å². The molecule has 3 nitrogen and oxygen atoms in total. The van der Waals surface area contributed by atoms with Crippen LogP contribution < -0.4 is 5.32 Å². The van der Waals surface area contributed by atoms with Crippen molar-refractivity contribution < 1.29 is 10.2 Å². The van der Waals surface area contributed by atoms with Crippen LogP contribution in [0.2, 0.25) is 0 Å². The zero-order chi connectivity index (χ0) is 13.4. The first-order valence-electron chi connectivity index (χ1n) is 6.84. The van der Waals surface area contributed by atoms with Gasteiger partial charge >= 0.3 is 0 Å². The molecule has 0 radical (unpaired) electrons. The van der Waals surface area contributed by atoms with Crippen molar-refractivity contribution in [3.63, 3.8) is 0 Å². The van der Waals surface area contributed by atoms with E-state index in [9.17, 15) is 5.11 Å². The third kappa shape index (κ3) is 4.41. The van der Waals surface area contributed by atoms with Gasteiger partial charge in [0, 0.05) is 12.6 Å². The minimum atomic E-state index is -0.486. The van der Waals surface area contributed by atoms with E-state index >= 15 is 0 Å². The van der Waals surface area contributed by atoms with Crippen molar-refractivity contribution >= 4 is 0 Å². The number of nitrogens with one attached hydrogen (secondary N) is 1. The van der Waals surface area contributed by atoms with Crippen molar-refractivity contribution in [3.8, 4) is 0 Å². The van der Waals surface area contributed by atoms with Crippen LogP contribution in [-0.2, 0) is 6.42 Å². The van der Waals surface area contributed by atoms with Gasteiger partial charge in [-0.15, -0.1) is 0 Å². The van der Waals surface area contributed by atoms with Crippen molar-refractivity contribution in [1.82, 2.24) is 5.32 Å². The molecule has 0 amide bonds. The van der Waals surface area contributed by atoms with E-state index in [2.05, 4.69) is 31.3 Å². The molecule has 1 rings (SSSR count). The van der Waals surface area contributed by atoms with Gasteiger partial charge in [-0.2, -0.15) is 0 Å². The molecule has 18 heavy (non-hydrogen) atoms. The Kier molecular flexibility index (Phi) is 6.94. The van der Waals surface area contributed by atoms with Gasteiger partial charge in [0.2, 0.25) is 0 Å². The molecule has 0 bridgehead atoms. The van der Waals surface area contributed by atoms with Crippen LogP contribution in [0.15, 0.2) is 24.3 Å². The zero-order valence-corrected chi connectivity index (χ0v) is 11.4. The molecule has 102 valence electrons. The fourth-order valence-electron chi connectivity index (χ4n) is 2.03. The summed E-state index contributed by atoms with van der Waals surface area (Å²) in [6, 6.07) is 8.18. The quantitative estimate of drug-likeness (QED) is 0.620. The van der Waals surface area contributed by atoms with Gasteiger partial charge < -0.3 is 15.5 Å². The van der Waals surface area contributed by atoms with Crippen LogP contribution in [0, 0.1) is 0 Å². The summed E-state index contributed by atoms with van der Waals surface area (Å²) in [6.07, 6.45) is 2.11. The molecule has 0 fully saturated rings. The first-order chi connectivity index (χ1) is 8.72. The Bertz CT molecular complexity index is 324. The van der Waals surface area contributed by atoms with Gasteiger partial charge in [-0.05, 0) is 36.9 Å². The van der Waals surface area contributed by atoms with Crippen LogP contribution in [0.1, 0.15) is 43.9 Å². The van der Waals surface area contributed by atoms with Crippen molar-refractivity contribution in [3.05, 3.63) is 35.4 Å². The molecule has 2 atom stereocenters. The summed E-state index contributed by atoms with van der Waals surface area (Å²) in [5.41, 5.74) is 2.24. The summed E-state index contributed by atoms with van der Waals surface area (Å²) < 4.78 is 0. The van der Waals surface area contributed by atoms with E-state index in [1.807, 2.05) is 12.1 Å². The molecular formula is C15H25NO2. The highest BCUT2D eigenvalue weighted by Gasteiger charge is 2.18. The standard InChI is InChI=1S/C15H25NO2/c1-3-12-6-8-13(9-7-12)15(18)14(4-2)16-10-5-11-17/h6-9,14-18H,3-5,10-11H2,1-2H3. The summed E-state index contributed by atoms with van der Waals surface area (Å²) >= 11 is 0. The van der Waals surface area contributed by atoms with Crippen molar-refractivity contribution in [1.29, 1.82) is 0 Å². The zero-order valence-electron chi connectivity index (χ0n) is 11.4. The highest BCUT2D eigenvalue weighted by Crippen LogP contribution is 2.19. The van der Waals surface area contributed by atoms with E-state index < -0.39 is 6.10 Å². The van der Waals surface area contributed by atoms with Gasteiger partial charge in [-0.3, -0.25) is 0 Å². The summed E-state index contributed by atoms with van der Waals surface area (Å²) in [5.74, 6) is 0. The summed E-state index contributed by atoms with van der Waals surface area (Å²) in [6.45, 7) is 5.10. The van der Waals surface area contributed by atoms with E-state index in [0.29, 0.717) is 0 Å². The average molecular weight is 251 g/mol. The predicted octanol–water partition coefficient (Wildman–Crippen LogP) is 2.03. The van der Waals surface area contributed by atoms with E-state index in [-0.39, 0.29) is 12.6 Å². The van der Waals surface area contributed by atoms with Crippen LogP contribution in [0.5, 0.6) is 0 Å². The molecule has 2 unspecified atom stereocenters. The first kappa shape index (κ1) is 15.2. The molecule has 3 N–H and O–H groups in total. The van der Waals surface area contributed by atoms with Crippen LogP contribution in [0.25, 0.3) is 0 Å². The lowest BCUT2D eigenvalue weighted by atomic mass is 9.98. The van der Waals surface area contributed by atoms with E-state index in [0.717, 1.165) is 31.4 Å².